The van der Waals surface area contributed by atoms with Crippen molar-refractivity contribution in [3.8, 4) is 0 Å². The number of carboxylic acids is 1. The lowest BCUT2D eigenvalue weighted by atomic mass is 10.1. The van der Waals surface area contributed by atoms with E-state index in [0.29, 0.717) is 30.0 Å². The van der Waals surface area contributed by atoms with Crippen LogP contribution in [0.4, 0.5) is 0 Å². The third-order valence-electron chi connectivity index (χ3n) is 2.48. The Morgan fingerprint density at radius 1 is 1.41 bits per heavy atom. The second kappa shape index (κ2) is 5.47. The van der Waals surface area contributed by atoms with Gasteiger partial charge in [-0.1, -0.05) is 12.1 Å². The van der Waals surface area contributed by atoms with E-state index in [1.54, 1.807) is 13.8 Å². The second-order valence-corrected chi connectivity index (χ2v) is 3.63. The zero-order valence-electron chi connectivity index (χ0n) is 10.2. The molecule has 1 amide bonds. The summed E-state index contributed by atoms with van der Waals surface area (Å²) in [6, 6.07) is 0. The lowest BCUT2D eigenvalue weighted by Gasteiger charge is -2.18. The van der Waals surface area contributed by atoms with Crippen LogP contribution in [0.15, 0.2) is 4.52 Å². The summed E-state index contributed by atoms with van der Waals surface area (Å²) in [7, 11) is 0. The van der Waals surface area contributed by atoms with Gasteiger partial charge in [0.25, 0.3) is 5.91 Å². The van der Waals surface area contributed by atoms with Crippen LogP contribution in [-0.2, 0) is 11.2 Å². The summed E-state index contributed by atoms with van der Waals surface area (Å²) < 4.78 is 4.96. The Kier molecular flexibility index (Phi) is 4.25. The Morgan fingerprint density at radius 2 is 2.06 bits per heavy atom. The molecule has 0 saturated carbocycles. The van der Waals surface area contributed by atoms with Crippen molar-refractivity contribution in [3.05, 3.63) is 17.0 Å². The van der Waals surface area contributed by atoms with E-state index < -0.39 is 5.97 Å². The van der Waals surface area contributed by atoms with Gasteiger partial charge >= 0.3 is 5.97 Å². The van der Waals surface area contributed by atoms with Gasteiger partial charge in [-0.2, -0.15) is 0 Å². The highest BCUT2D eigenvalue weighted by Crippen LogP contribution is 2.16. The zero-order chi connectivity index (χ0) is 13.0. The molecule has 1 rings (SSSR count). The lowest BCUT2D eigenvalue weighted by molar-refractivity contribution is -0.137. The standard InChI is InChI=1S/C11H16N2O4/c1-4-8-10(7(3)17-12-8)11(16)13(5-2)6-9(14)15/h4-6H2,1-3H3,(H,14,15). The van der Waals surface area contributed by atoms with Gasteiger partial charge in [-0.25, -0.2) is 0 Å². The Morgan fingerprint density at radius 3 is 2.53 bits per heavy atom. The average molecular weight is 240 g/mol. The summed E-state index contributed by atoms with van der Waals surface area (Å²) in [5.41, 5.74) is 0.951. The highest BCUT2D eigenvalue weighted by molar-refractivity contribution is 5.97. The number of aromatic nitrogens is 1. The van der Waals surface area contributed by atoms with E-state index >= 15 is 0 Å². The second-order valence-electron chi connectivity index (χ2n) is 3.63. The van der Waals surface area contributed by atoms with Gasteiger partial charge in [0.15, 0.2) is 0 Å². The Labute approximate surface area is 99.2 Å². The zero-order valence-corrected chi connectivity index (χ0v) is 10.2. The van der Waals surface area contributed by atoms with E-state index in [1.165, 1.54) is 4.90 Å². The number of hydrogen-bond donors (Lipinski definition) is 1. The molecule has 0 aromatic carbocycles. The van der Waals surface area contributed by atoms with Crippen molar-refractivity contribution < 1.29 is 19.2 Å². The molecule has 6 heteroatoms. The van der Waals surface area contributed by atoms with Crippen molar-refractivity contribution in [2.24, 2.45) is 0 Å². The fraction of sp³-hybridized carbons (Fsp3) is 0.545. The lowest BCUT2D eigenvalue weighted by Crippen LogP contribution is -2.36. The molecule has 0 atom stereocenters. The molecule has 1 aromatic heterocycles. The first-order valence-electron chi connectivity index (χ1n) is 5.47. The Bertz CT molecular complexity index is 425. The molecule has 17 heavy (non-hydrogen) atoms. The molecule has 1 N–H and O–H groups in total. The Hall–Kier alpha value is -1.85. The molecule has 0 fully saturated rings. The molecule has 1 heterocycles. The minimum absolute atomic E-state index is 0.316. The van der Waals surface area contributed by atoms with Crippen LogP contribution in [0.1, 0.15) is 35.7 Å². The van der Waals surface area contributed by atoms with Crippen LogP contribution in [0.2, 0.25) is 0 Å². The molecule has 0 radical (unpaired) electrons. The molecule has 0 saturated heterocycles. The predicted octanol–water partition coefficient (Wildman–Crippen LogP) is 1.09. The smallest absolute Gasteiger partial charge is 0.323 e. The number of aryl methyl sites for hydroxylation is 2. The van der Waals surface area contributed by atoms with Gasteiger partial charge in [0, 0.05) is 6.54 Å². The minimum atomic E-state index is -1.03. The first kappa shape index (κ1) is 13.2. The highest BCUT2D eigenvalue weighted by atomic mass is 16.5. The summed E-state index contributed by atoms with van der Waals surface area (Å²) in [5, 5.41) is 12.5. The van der Waals surface area contributed by atoms with Gasteiger partial charge in [0.1, 0.15) is 17.9 Å². The fourth-order valence-corrected chi connectivity index (χ4v) is 1.58. The third-order valence-corrected chi connectivity index (χ3v) is 2.48. The van der Waals surface area contributed by atoms with Crippen molar-refractivity contribution >= 4 is 11.9 Å². The van der Waals surface area contributed by atoms with Gasteiger partial charge in [-0.05, 0) is 20.3 Å². The van der Waals surface area contributed by atoms with Crippen LogP contribution in [0.25, 0.3) is 0 Å². The summed E-state index contributed by atoms with van der Waals surface area (Å²) >= 11 is 0. The maximum Gasteiger partial charge on any atom is 0.323 e. The largest absolute Gasteiger partial charge is 0.480 e. The van der Waals surface area contributed by atoms with Gasteiger partial charge in [0.05, 0.1) is 5.69 Å². The fourth-order valence-electron chi connectivity index (χ4n) is 1.58. The van der Waals surface area contributed by atoms with Crippen LogP contribution in [0.3, 0.4) is 0 Å². The number of carbonyl (C=O) groups is 2. The molecule has 0 aliphatic rings. The summed E-state index contributed by atoms with van der Waals surface area (Å²) in [6.07, 6.45) is 0.572. The summed E-state index contributed by atoms with van der Waals surface area (Å²) in [4.78, 5) is 24.0. The van der Waals surface area contributed by atoms with Crippen LogP contribution >= 0.6 is 0 Å². The SMILES string of the molecule is CCc1noc(C)c1C(=O)N(CC)CC(=O)O. The van der Waals surface area contributed by atoms with Gasteiger partial charge < -0.3 is 14.5 Å². The first-order chi connectivity index (χ1) is 8.01. The van der Waals surface area contributed by atoms with Gasteiger partial charge in [-0.15, -0.1) is 0 Å². The number of carbonyl (C=O) groups excluding carboxylic acids is 1. The molecule has 1 aromatic rings. The average Bonchev–Trinajstić information content (AvgIpc) is 2.66. The Balaban J connectivity index is 3.00. The maximum atomic E-state index is 12.1. The van der Waals surface area contributed by atoms with Crippen molar-refractivity contribution in [2.45, 2.75) is 27.2 Å². The number of aliphatic carboxylic acids is 1. The topological polar surface area (TPSA) is 83.6 Å². The minimum Gasteiger partial charge on any atom is -0.480 e. The van der Waals surface area contributed by atoms with Crippen LogP contribution < -0.4 is 0 Å². The molecule has 0 aliphatic carbocycles. The molecular formula is C11H16N2O4. The molecular weight excluding hydrogens is 224 g/mol. The highest BCUT2D eigenvalue weighted by Gasteiger charge is 2.24. The maximum absolute atomic E-state index is 12.1. The molecule has 0 aliphatic heterocycles. The molecule has 0 bridgehead atoms. The van der Waals surface area contributed by atoms with E-state index in [0.717, 1.165) is 0 Å². The normalized spacial score (nSPS) is 10.3. The van der Waals surface area contributed by atoms with Gasteiger partial charge in [-0.3, -0.25) is 9.59 Å². The van der Waals surface area contributed by atoms with Crippen molar-refractivity contribution in [2.75, 3.05) is 13.1 Å². The monoisotopic (exact) mass is 240 g/mol. The first-order valence-corrected chi connectivity index (χ1v) is 5.47. The van der Waals surface area contributed by atoms with Crippen molar-refractivity contribution in [1.29, 1.82) is 0 Å². The van der Waals surface area contributed by atoms with E-state index in [9.17, 15) is 9.59 Å². The number of likely N-dealkylation sites (N-methyl/N-ethyl adjacent to an activating group) is 1. The number of carboxylic acid groups (broad SMARTS) is 1. The predicted molar refractivity (Wildman–Crippen MR) is 59.8 cm³/mol. The summed E-state index contributed by atoms with van der Waals surface area (Å²) in [6.45, 7) is 5.26. The van der Waals surface area contributed by atoms with Crippen molar-refractivity contribution in [1.82, 2.24) is 10.1 Å². The molecule has 0 unspecified atom stereocenters. The molecule has 94 valence electrons. The van der Waals surface area contributed by atoms with Crippen LogP contribution in [0.5, 0.6) is 0 Å². The van der Waals surface area contributed by atoms with Gasteiger partial charge in [0.2, 0.25) is 0 Å². The summed E-state index contributed by atoms with van der Waals surface area (Å²) in [5.74, 6) is -0.950. The third kappa shape index (κ3) is 2.83. The molecule has 6 nitrogen and oxygen atoms in total. The quantitative estimate of drug-likeness (QED) is 0.832. The van der Waals surface area contributed by atoms with Crippen LogP contribution in [-0.4, -0.2) is 40.1 Å². The number of rotatable bonds is 5. The number of nitrogens with zero attached hydrogens (tertiary/aromatic N) is 2. The van der Waals surface area contributed by atoms with Crippen molar-refractivity contribution in [3.63, 3.8) is 0 Å². The van der Waals surface area contributed by atoms with E-state index in [-0.39, 0.29) is 12.5 Å². The number of amides is 1. The van der Waals surface area contributed by atoms with E-state index in [4.69, 9.17) is 9.63 Å². The van der Waals surface area contributed by atoms with E-state index in [2.05, 4.69) is 5.16 Å². The van der Waals surface area contributed by atoms with E-state index in [1.807, 2.05) is 6.92 Å². The number of hydrogen-bond acceptors (Lipinski definition) is 4. The van der Waals surface area contributed by atoms with Crippen LogP contribution in [0, 0.1) is 6.92 Å². The molecule has 0 spiro atoms.